The molecular weight excluding hydrogens is 324 g/mol. The lowest BCUT2D eigenvalue weighted by atomic mass is 9.74. The predicted octanol–water partition coefficient (Wildman–Crippen LogP) is 2.41. The highest BCUT2D eigenvalue weighted by molar-refractivity contribution is 5.95. The van der Waals surface area contributed by atoms with Gasteiger partial charge in [-0.05, 0) is 43.4 Å². The van der Waals surface area contributed by atoms with E-state index in [0.29, 0.717) is 24.5 Å². The molecular formula is C21H26N4O. The second-order valence-electron chi connectivity index (χ2n) is 7.44. The van der Waals surface area contributed by atoms with E-state index in [0.717, 1.165) is 24.3 Å². The maximum absolute atomic E-state index is 12.4. The first kappa shape index (κ1) is 17.1. The Balaban J connectivity index is 1.53. The van der Waals surface area contributed by atoms with Crippen LogP contribution in [0.2, 0.25) is 0 Å². The second kappa shape index (κ2) is 7.09. The van der Waals surface area contributed by atoms with Crippen molar-refractivity contribution < 1.29 is 4.79 Å². The minimum absolute atomic E-state index is 0.00398. The van der Waals surface area contributed by atoms with Crippen LogP contribution in [0.5, 0.6) is 0 Å². The third kappa shape index (κ3) is 3.20. The highest BCUT2D eigenvalue weighted by Gasteiger charge is 2.43. The van der Waals surface area contributed by atoms with E-state index in [1.807, 2.05) is 32.3 Å². The fourth-order valence-corrected chi connectivity index (χ4v) is 3.88. The molecule has 3 N–H and O–H groups in total. The number of carbonyl (C=O) groups is 1. The zero-order valence-corrected chi connectivity index (χ0v) is 15.3. The number of fused-ring (bicyclic) bond motifs is 3. The van der Waals surface area contributed by atoms with Crippen molar-refractivity contribution in [2.24, 2.45) is 5.92 Å². The summed E-state index contributed by atoms with van der Waals surface area (Å²) in [4.78, 5) is 14.5. The summed E-state index contributed by atoms with van der Waals surface area (Å²) in [5, 5.41) is 10.2. The van der Waals surface area contributed by atoms with Crippen molar-refractivity contribution in [3.63, 3.8) is 0 Å². The van der Waals surface area contributed by atoms with Crippen molar-refractivity contribution in [2.45, 2.75) is 12.1 Å². The third-order valence-corrected chi connectivity index (χ3v) is 5.39. The lowest BCUT2D eigenvalue weighted by Crippen LogP contribution is -2.52. The fraction of sp³-hybridized carbons (Fsp3) is 0.381. The van der Waals surface area contributed by atoms with Gasteiger partial charge in [0.1, 0.15) is 0 Å². The summed E-state index contributed by atoms with van der Waals surface area (Å²) in [6.07, 6.45) is 0. The van der Waals surface area contributed by atoms with E-state index in [1.54, 1.807) is 0 Å². The topological polar surface area (TPSA) is 56.4 Å². The molecule has 136 valence electrons. The maximum atomic E-state index is 12.4. The van der Waals surface area contributed by atoms with Crippen LogP contribution in [0, 0.1) is 5.92 Å². The molecule has 5 heteroatoms. The van der Waals surface area contributed by atoms with E-state index in [4.69, 9.17) is 0 Å². The molecule has 0 spiro atoms. The van der Waals surface area contributed by atoms with Crippen molar-refractivity contribution in [3.8, 4) is 0 Å². The number of likely N-dealkylation sites (N-methyl/N-ethyl adjacent to an activating group) is 1. The van der Waals surface area contributed by atoms with Crippen LogP contribution in [-0.2, 0) is 0 Å². The standard InChI is InChI=1S/C21H26N4O/c1-25(2)11-10-22-21(26)15-8-9-18-16(12-15)20-17(13-23-20)19(24-18)14-6-4-3-5-7-14/h3-9,12,17,19-20,23-24H,10-11,13H2,1-2H3,(H,22,26). The van der Waals surface area contributed by atoms with E-state index in [9.17, 15) is 4.79 Å². The Morgan fingerprint density at radius 1 is 1.15 bits per heavy atom. The average Bonchev–Trinajstić information content (AvgIpc) is 2.61. The van der Waals surface area contributed by atoms with Crippen LogP contribution < -0.4 is 16.0 Å². The van der Waals surface area contributed by atoms with Crippen LogP contribution >= 0.6 is 0 Å². The molecule has 4 rings (SSSR count). The average molecular weight is 350 g/mol. The van der Waals surface area contributed by atoms with Crippen LogP contribution in [0.1, 0.15) is 33.6 Å². The van der Waals surface area contributed by atoms with Gasteiger partial charge >= 0.3 is 0 Å². The van der Waals surface area contributed by atoms with Gasteiger partial charge in [0.2, 0.25) is 0 Å². The van der Waals surface area contributed by atoms with Gasteiger partial charge in [-0.1, -0.05) is 30.3 Å². The molecule has 0 saturated carbocycles. The van der Waals surface area contributed by atoms with Crippen molar-refractivity contribution in [1.82, 2.24) is 15.5 Å². The minimum atomic E-state index is -0.00398. The molecule has 3 unspecified atom stereocenters. The summed E-state index contributed by atoms with van der Waals surface area (Å²) in [5.41, 5.74) is 4.38. The van der Waals surface area contributed by atoms with E-state index in [-0.39, 0.29) is 5.91 Å². The quantitative estimate of drug-likeness (QED) is 0.775. The number of rotatable bonds is 5. The number of benzene rings is 2. The molecule has 3 atom stereocenters. The van der Waals surface area contributed by atoms with Gasteiger partial charge in [-0.15, -0.1) is 0 Å². The fourth-order valence-electron chi connectivity index (χ4n) is 3.88. The highest BCUT2D eigenvalue weighted by Crippen LogP contribution is 2.47. The van der Waals surface area contributed by atoms with Crippen molar-refractivity contribution in [3.05, 3.63) is 65.2 Å². The first-order valence-electron chi connectivity index (χ1n) is 9.25. The van der Waals surface area contributed by atoms with Crippen molar-refractivity contribution >= 4 is 11.6 Å². The van der Waals surface area contributed by atoms with Crippen LogP contribution in [0.4, 0.5) is 5.69 Å². The number of nitrogens with one attached hydrogen (secondary N) is 3. The highest BCUT2D eigenvalue weighted by atomic mass is 16.1. The number of amides is 1. The minimum Gasteiger partial charge on any atom is -0.378 e. The van der Waals surface area contributed by atoms with Crippen molar-refractivity contribution in [1.29, 1.82) is 0 Å². The van der Waals surface area contributed by atoms with Gasteiger partial charge in [0.05, 0.1) is 6.04 Å². The van der Waals surface area contributed by atoms with Crippen molar-refractivity contribution in [2.75, 3.05) is 39.0 Å². The summed E-state index contributed by atoms with van der Waals surface area (Å²) in [6.45, 7) is 2.49. The lowest BCUT2D eigenvalue weighted by molar-refractivity contribution is 0.0950. The molecule has 5 nitrogen and oxygen atoms in total. The maximum Gasteiger partial charge on any atom is 0.251 e. The second-order valence-corrected chi connectivity index (χ2v) is 7.44. The van der Waals surface area contributed by atoms with Gasteiger partial charge in [-0.2, -0.15) is 0 Å². The molecule has 2 aliphatic heterocycles. The first-order valence-corrected chi connectivity index (χ1v) is 9.25. The SMILES string of the molecule is CN(C)CCNC(=O)c1ccc2c(c1)C1NCC1C(c1ccccc1)N2. The molecule has 0 bridgehead atoms. The Morgan fingerprint density at radius 3 is 2.65 bits per heavy atom. The van der Waals surface area contributed by atoms with E-state index in [1.165, 1.54) is 11.1 Å². The monoisotopic (exact) mass is 350 g/mol. The Kier molecular flexibility index (Phi) is 4.66. The Labute approximate surface area is 154 Å². The van der Waals surface area contributed by atoms with Crippen LogP contribution in [-0.4, -0.2) is 44.5 Å². The predicted molar refractivity (Wildman–Crippen MR) is 104 cm³/mol. The van der Waals surface area contributed by atoms with Crippen LogP contribution in [0.3, 0.4) is 0 Å². The van der Waals surface area contributed by atoms with Crippen LogP contribution in [0.15, 0.2) is 48.5 Å². The molecule has 2 aromatic rings. The summed E-state index contributed by atoms with van der Waals surface area (Å²) in [6, 6.07) is 17.2. The molecule has 2 aromatic carbocycles. The van der Waals surface area contributed by atoms with Gasteiger partial charge in [0, 0.05) is 42.8 Å². The van der Waals surface area contributed by atoms with E-state index in [2.05, 4.69) is 51.2 Å². The summed E-state index contributed by atoms with van der Waals surface area (Å²) < 4.78 is 0. The normalized spacial score (nSPS) is 23.4. The number of hydrogen-bond acceptors (Lipinski definition) is 4. The molecule has 1 fully saturated rings. The number of hydrogen-bond donors (Lipinski definition) is 3. The van der Waals surface area contributed by atoms with Gasteiger partial charge in [-0.3, -0.25) is 4.79 Å². The van der Waals surface area contributed by atoms with Gasteiger partial charge in [0.25, 0.3) is 5.91 Å². The molecule has 26 heavy (non-hydrogen) atoms. The van der Waals surface area contributed by atoms with E-state index < -0.39 is 0 Å². The smallest absolute Gasteiger partial charge is 0.251 e. The zero-order valence-electron chi connectivity index (χ0n) is 15.3. The number of carbonyl (C=O) groups excluding carboxylic acids is 1. The molecule has 2 aliphatic rings. The first-order chi connectivity index (χ1) is 12.6. The summed E-state index contributed by atoms with van der Waals surface area (Å²) in [7, 11) is 4.00. The third-order valence-electron chi connectivity index (χ3n) is 5.39. The number of anilines is 1. The van der Waals surface area contributed by atoms with Gasteiger partial charge in [0.15, 0.2) is 0 Å². The Bertz CT molecular complexity index is 790. The summed E-state index contributed by atoms with van der Waals surface area (Å²) >= 11 is 0. The molecule has 0 aromatic heterocycles. The Hall–Kier alpha value is -2.37. The van der Waals surface area contributed by atoms with E-state index >= 15 is 0 Å². The molecule has 2 heterocycles. The number of nitrogens with zero attached hydrogens (tertiary/aromatic N) is 1. The molecule has 1 amide bonds. The zero-order chi connectivity index (χ0) is 18.1. The lowest BCUT2D eigenvalue weighted by Gasteiger charge is -2.48. The van der Waals surface area contributed by atoms with Crippen LogP contribution in [0.25, 0.3) is 0 Å². The molecule has 0 aliphatic carbocycles. The van der Waals surface area contributed by atoms with Gasteiger partial charge in [-0.25, -0.2) is 0 Å². The van der Waals surface area contributed by atoms with Gasteiger partial charge < -0.3 is 20.9 Å². The Morgan fingerprint density at radius 2 is 1.96 bits per heavy atom. The largest absolute Gasteiger partial charge is 0.378 e. The molecule has 1 saturated heterocycles. The summed E-state index contributed by atoms with van der Waals surface area (Å²) in [5.74, 6) is 0.507. The molecule has 0 radical (unpaired) electrons.